The molecule has 0 aliphatic heterocycles. The first-order chi connectivity index (χ1) is 6.63. The van der Waals surface area contributed by atoms with Crippen molar-refractivity contribution in [1.82, 2.24) is 4.90 Å². The molecule has 0 aromatic rings. The van der Waals surface area contributed by atoms with Gasteiger partial charge in [0.2, 0.25) is 5.91 Å². The Balaban J connectivity index is 2.49. The smallest absolute Gasteiger partial charge is 0.239 e. The zero-order chi connectivity index (χ0) is 10.6. The van der Waals surface area contributed by atoms with Crippen LogP contribution in [-0.4, -0.2) is 29.9 Å². The molecule has 0 aromatic heterocycles. The molecule has 1 fully saturated rings. The fourth-order valence-corrected chi connectivity index (χ4v) is 2.15. The van der Waals surface area contributed by atoms with E-state index < -0.39 is 0 Å². The Morgan fingerprint density at radius 3 is 2.21 bits per heavy atom. The van der Waals surface area contributed by atoms with E-state index in [1.54, 1.807) is 6.92 Å². The molecule has 0 saturated heterocycles. The van der Waals surface area contributed by atoms with Gasteiger partial charge >= 0.3 is 0 Å². The van der Waals surface area contributed by atoms with Crippen LogP contribution >= 0.6 is 0 Å². The van der Waals surface area contributed by atoms with Crippen LogP contribution in [0.25, 0.3) is 0 Å². The predicted molar refractivity (Wildman–Crippen MR) is 57.9 cm³/mol. The number of rotatable bonds is 2. The average Bonchev–Trinajstić information content (AvgIpc) is 2.43. The number of nitrogens with zero attached hydrogens (tertiary/aromatic N) is 1. The number of carbonyl (C=O) groups is 1. The maximum absolute atomic E-state index is 11.7. The molecule has 1 aliphatic carbocycles. The molecule has 1 rings (SSSR count). The van der Waals surface area contributed by atoms with Crippen molar-refractivity contribution in [2.24, 2.45) is 5.73 Å². The first-order valence-corrected chi connectivity index (χ1v) is 5.65. The number of likely N-dealkylation sites (N-methyl/N-ethyl adjacent to an activating group) is 1. The number of carbonyl (C=O) groups excluding carboxylic acids is 1. The third-order valence-electron chi connectivity index (χ3n) is 3.11. The van der Waals surface area contributed by atoms with Gasteiger partial charge in [0.05, 0.1) is 6.04 Å². The standard InChI is InChI=1S/C11H22N2O/c1-9(12)11(14)13(2)10-7-5-3-4-6-8-10/h9-10H,3-8,12H2,1-2H3/t9-/m0/s1. The minimum atomic E-state index is -0.358. The van der Waals surface area contributed by atoms with Gasteiger partial charge in [0.1, 0.15) is 0 Å². The lowest BCUT2D eigenvalue weighted by Crippen LogP contribution is -2.45. The van der Waals surface area contributed by atoms with Crippen molar-refractivity contribution in [1.29, 1.82) is 0 Å². The molecule has 3 nitrogen and oxygen atoms in total. The second-order valence-electron chi connectivity index (χ2n) is 4.38. The maximum Gasteiger partial charge on any atom is 0.239 e. The van der Waals surface area contributed by atoms with Crippen molar-refractivity contribution in [2.75, 3.05) is 7.05 Å². The summed E-state index contributed by atoms with van der Waals surface area (Å²) in [5.41, 5.74) is 5.59. The maximum atomic E-state index is 11.7. The summed E-state index contributed by atoms with van der Waals surface area (Å²) in [6, 6.07) is 0.0688. The molecule has 0 bridgehead atoms. The van der Waals surface area contributed by atoms with Crippen LogP contribution < -0.4 is 5.73 Å². The van der Waals surface area contributed by atoms with Gasteiger partial charge in [0.15, 0.2) is 0 Å². The van der Waals surface area contributed by atoms with E-state index >= 15 is 0 Å². The number of hydrogen-bond acceptors (Lipinski definition) is 2. The van der Waals surface area contributed by atoms with Crippen LogP contribution in [0.3, 0.4) is 0 Å². The van der Waals surface area contributed by atoms with Gasteiger partial charge in [-0.3, -0.25) is 4.79 Å². The SMILES string of the molecule is C[C@H](N)C(=O)N(C)C1CCCCCC1. The van der Waals surface area contributed by atoms with Gasteiger partial charge in [0.25, 0.3) is 0 Å². The first kappa shape index (κ1) is 11.5. The van der Waals surface area contributed by atoms with Gasteiger partial charge in [-0.2, -0.15) is 0 Å². The molecule has 0 unspecified atom stereocenters. The predicted octanol–water partition coefficient (Wildman–Crippen LogP) is 1.51. The van der Waals surface area contributed by atoms with Crippen molar-refractivity contribution in [2.45, 2.75) is 57.5 Å². The van der Waals surface area contributed by atoms with E-state index in [9.17, 15) is 4.79 Å². The summed E-state index contributed by atoms with van der Waals surface area (Å²) in [6.45, 7) is 1.76. The van der Waals surface area contributed by atoms with Gasteiger partial charge in [-0.1, -0.05) is 25.7 Å². The van der Waals surface area contributed by atoms with Crippen molar-refractivity contribution in [3.8, 4) is 0 Å². The highest BCUT2D eigenvalue weighted by molar-refractivity contribution is 5.81. The summed E-state index contributed by atoms with van der Waals surface area (Å²) in [5, 5.41) is 0. The zero-order valence-corrected chi connectivity index (χ0v) is 9.33. The van der Waals surface area contributed by atoms with E-state index in [-0.39, 0.29) is 11.9 Å². The fraction of sp³-hybridized carbons (Fsp3) is 0.909. The second-order valence-corrected chi connectivity index (χ2v) is 4.38. The number of hydrogen-bond donors (Lipinski definition) is 1. The largest absolute Gasteiger partial charge is 0.341 e. The molecule has 82 valence electrons. The van der Waals surface area contributed by atoms with Gasteiger partial charge in [-0.25, -0.2) is 0 Å². The number of nitrogens with two attached hydrogens (primary N) is 1. The Morgan fingerprint density at radius 1 is 1.29 bits per heavy atom. The van der Waals surface area contributed by atoms with Crippen molar-refractivity contribution in [3.05, 3.63) is 0 Å². The topological polar surface area (TPSA) is 46.3 Å². The van der Waals surface area contributed by atoms with Crippen molar-refractivity contribution < 1.29 is 4.79 Å². The first-order valence-electron chi connectivity index (χ1n) is 5.65. The van der Waals surface area contributed by atoms with E-state index in [1.165, 1.54) is 25.7 Å². The van der Waals surface area contributed by atoms with Crippen LogP contribution in [-0.2, 0) is 4.79 Å². The molecule has 0 heterocycles. The van der Waals surface area contributed by atoms with Gasteiger partial charge in [0, 0.05) is 13.1 Å². The third-order valence-corrected chi connectivity index (χ3v) is 3.11. The van der Waals surface area contributed by atoms with Crippen molar-refractivity contribution >= 4 is 5.91 Å². The van der Waals surface area contributed by atoms with E-state index in [2.05, 4.69) is 0 Å². The van der Waals surface area contributed by atoms with Crippen LogP contribution in [0.2, 0.25) is 0 Å². The van der Waals surface area contributed by atoms with E-state index in [0.29, 0.717) is 6.04 Å². The molecule has 1 amide bonds. The van der Waals surface area contributed by atoms with E-state index in [1.807, 2.05) is 11.9 Å². The lowest BCUT2D eigenvalue weighted by atomic mass is 10.1. The van der Waals surface area contributed by atoms with Crippen LogP contribution in [0.15, 0.2) is 0 Å². The minimum Gasteiger partial charge on any atom is -0.341 e. The molecule has 0 aromatic carbocycles. The Hall–Kier alpha value is -0.570. The Labute approximate surface area is 86.6 Å². The minimum absolute atomic E-state index is 0.0805. The highest BCUT2D eigenvalue weighted by atomic mass is 16.2. The van der Waals surface area contributed by atoms with Gasteiger partial charge < -0.3 is 10.6 Å². The Kier molecular flexibility index (Phi) is 4.39. The molecule has 14 heavy (non-hydrogen) atoms. The molecule has 0 spiro atoms. The summed E-state index contributed by atoms with van der Waals surface area (Å²) in [5.74, 6) is 0.0805. The average molecular weight is 198 g/mol. The number of amides is 1. The monoisotopic (exact) mass is 198 g/mol. The van der Waals surface area contributed by atoms with E-state index in [0.717, 1.165) is 12.8 Å². The second kappa shape index (κ2) is 5.35. The summed E-state index contributed by atoms with van der Waals surface area (Å²) in [4.78, 5) is 13.5. The molecule has 1 atom stereocenters. The van der Waals surface area contributed by atoms with Crippen LogP contribution in [0.4, 0.5) is 0 Å². The molecule has 1 aliphatic rings. The molecule has 2 N–H and O–H groups in total. The molecular formula is C11H22N2O. The fourth-order valence-electron chi connectivity index (χ4n) is 2.15. The lowest BCUT2D eigenvalue weighted by Gasteiger charge is -2.28. The Morgan fingerprint density at radius 2 is 1.79 bits per heavy atom. The molecule has 0 radical (unpaired) electrons. The normalized spacial score (nSPS) is 21.4. The Bertz CT molecular complexity index is 184. The molecule has 3 heteroatoms. The van der Waals surface area contributed by atoms with Gasteiger partial charge in [-0.15, -0.1) is 0 Å². The third kappa shape index (κ3) is 2.98. The van der Waals surface area contributed by atoms with E-state index in [4.69, 9.17) is 5.73 Å². The summed E-state index contributed by atoms with van der Waals surface area (Å²) in [7, 11) is 1.89. The van der Waals surface area contributed by atoms with Gasteiger partial charge in [-0.05, 0) is 19.8 Å². The van der Waals surface area contributed by atoms with Crippen LogP contribution in [0, 0.1) is 0 Å². The van der Waals surface area contributed by atoms with Crippen LogP contribution in [0.5, 0.6) is 0 Å². The summed E-state index contributed by atoms with van der Waals surface area (Å²) < 4.78 is 0. The molecular weight excluding hydrogens is 176 g/mol. The highest BCUT2D eigenvalue weighted by Gasteiger charge is 2.22. The zero-order valence-electron chi connectivity index (χ0n) is 9.33. The summed E-state index contributed by atoms with van der Waals surface area (Å²) in [6.07, 6.45) is 7.43. The summed E-state index contributed by atoms with van der Waals surface area (Å²) >= 11 is 0. The quantitative estimate of drug-likeness (QED) is 0.684. The van der Waals surface area contributed by atoms with Crippen molar-refractivity contribution in [3.63, 3.8) is 0 Å². The lowest BCUT2D eigenvalue weighted by molar-refractivity contribution is -0.133. The van der Waals surface area contributed by atoms with Crippen LogP contribution in [0.1, 0.15) is 45.4 Å². The highest BCUT2D eigenvalue weighted by Crippen LogP contribution is 2.21. The molecule has 1 saturated carbocycles.